The average Bonchev–Trinajstić information content (AvgIpc) is 2.98. The molecule has 1 aliphatic rings. The molecule has 14 heteroatoms. The number of fused-ring (bicyclic) bond motifs is 1. The Balaban J connectivity index is 0.000000647. The summed E-state index contributed by atoms with van der Waals surface area (Å²) in [5, 5.41) is 29.0. The van der Waals surface area contributed by atoms with Crippen molar-refractivity contribution in [2.45, 2.75) is 24.5 Å². The molecule has 0 aromatic carbocycles. The molecule has 2 aromatic rings. The molecule has 2 aromatic heterocycles. The number of rotatable bonds is 2. The Bertz CT molecular complexity index is 776. The van der Waals surface area contributed by atoms with Gasteiger partial charge < -0.3 is 0 Å². The minimum atomic E-state index is -1.31. The molecule has 5 N–H and O–H groups in total. The molecule has 24 heavy (non-hydrogen) atoms. The van der Waals surface area contributed by atoms with Crippen LogP contribution in [0.15, 0.2) is 4.79 Å². The minimum absolute atomic E-state index is 0.0161. The second-order valence-corrected chi connectivity index (χ2v) is 8.74. The number of nitrogens with two attached hydrogens (primary N) is 1. The monoisotopic (exact) mass is 627 g/mol. The molecule has 2 unspecified atom stereocenters. The summed E-state index contributed by atoms with van der Waals surface area (Å²) in [7, 11) is 9.75. The van der Waals surface area contributed by atoms with Crippen LogP contribution in [0.3, 0.4) is 0 Å². The number of hydrogen-bond donors (Lipinski definition) is 4. The van der Waals surface area contributed by atoms with Crippen LogP contribution in [0.4, 0.5) is 5.95 Å². The van der Waals surface area contributed by atoms with Crippen molar-refractivity contribution < 1.29 is 36.5 Å². The van der Waals surface area contributed by atoms with Gasteiger partial charge in [0.2, 0.25) is 0 Å². The zero-order valence-corrected chi connectivity index (χ0v) is 17.2. The summed E-state index contributed by atoms with van der Waals surface area (Å²) in [6.07, 6.45) is -4.57. The van der Waals surface area contributed by atoms with Crippen molar-refractivity contribution in [2.75, 3.05) is 12.3 Å². The molecule has 0 amide bonds. The molecule has 0 radical (unpaired) electrons. The van der Waals surface area contributed by atoms with Crippen LogP contribution in [0, 0.1) is 0 Å². The average molecular weight is 627 g/mol. The van der Waals surface area contributed by atoms with Crippen LogP contribution in [-0.4, -0.2) is 70.8 Å². The van der Waals surface area contributed by atoms with Crippen LogP contribution in [0.25, 0.3) is 11.2 Å². The Morgan fingerprint density at radius 2 is 2.00 bits per heavy atom. The molecule has 1 fully saturated rings. The summed E-state index contributed by atoms with van der Waals surface area (Å²) in [5.74, 6) is -0.229. The number of nitrogens with zero attached hydrogens (tertiary/aromatic N) is 4. The van der Waals surface area contributed by atoms with Crippen LogP contribution < -0.4 is 21.0 Å². The molecule has 4 atom stereocenters. The van der Waals surface area contributed by atoms with Gasteiger partial charge in [-0.3, -0.25) is 0 Å². The van der Waals surface area contributed by atoms with Crippen molar-refractivity contribution in [2.24, 2.45) is 0 Å². The van der Waals surface area contributed by atoms with Crippen molar-refractivity contribution in [3.63, 3.8) is 0 Å². The summed E-state index contributed by atoms with van der Waals surface area (Å²) in [4.78, 5) is 23.2. The van der Waals surface area contributed by atoms with Gasteiger partial charge in [-0.05, 0) is 0 Å². The fourth-order valence-corrected chi connectivity index (χ4v) is 2.93. The van der Waals surface area contributed by atoms with Gasteiger partial charge in [0.25, 0.3) is 0 Å². The van der Waals surface area contributed by atoms with Crippen molar-refractivity contribution >= 4 is 56.7 Å². The normalized spacial score (nSPS) is 26.6. The quantitative estimate of drug-likeness (QED) is 0.253. The van der Waals surface area contributed by atoms with Gasteiger partial charge >= 0.3 is 160 Å². The standard InChI is InChI=1S/C10H13N5O5Se.2ClH.Pt/c11-9-13-6-3(7(19)14-9)12-10(21)15(6)8-5(18)4(17)2(1-16)20-8;;;/h2,4-5,8,16-18H,1H2,(H4,11,12,13,14,19,21);2*1H;/q;;;+2/p-3/t2-,4?,5?,8-;;;/m1.../s1. The fourth-order valence-electron chi connectivity index (χ4n) is 2.28. The molecule has 0 saturated carbocycles. The third kappa shape index (κ3) is 3.79. The van der Waals surface area contributed by atoms with E-state index in [1.807, 2.05) is 0 Å². The zero-order chi connectivity index (χ0) is 18.0. The summed E-state index contributed by atoms with van der Waals surface area (Å²) >= 11 is 1.63. The second kappa shape index (κ2) is 8.44. The molecule has 3 rings (SSSR count). The third-order valence-corrected chi connectivity index (χ3v) is 3.94. The predicted molar refractivity (Wildman–Crippen MR) is 83.0 cm³/mol. The maximum atomic E-state index is 11.7. The SMILES string of the molecule is Nc1nc2c(nc([SeH])n2[C@@H]2O[C@H](CO)C(O)C2O)c(=O)[n-]1.[Cl][Pt][Cl]. The fraction of sp³-hybridized carbons (Fsp3) is 0.500. The zero-order valence-electron chi connectivity index (χ0n) is 11.6. The molecule has 0 bridgehead atoms. The van der Waals surface area contributed by atoms with Gasteiger partial charge in [-0.25, -0.2) is 0 Å². The van der Waals surface area contributed by atoms with Gasteiger partial charge in [-0.15, -0.1) is 0 Å². The molecular formula is C10H12Cl2N5O5PtSe-. The van der Waals surface area contributed by atoms with Crippen LogP contribution in [0.2, 0.25) is 0 Å². The summed E-state index contributed by atoms with van der Waals surface area (Å²) in [5.41, 5.74) is 4.89. The van der Waals surface area contributed by atoms with Crippen LogP contribution >= 0.6 is 18.8 Å². The molecule has 1 saturated heterocycles. The van der Waals surface area contributed by atoms with E-state index in [9.17, 15) is 15.0 Å². The van der Waals surface area contributed by atoms with Gasteiger partial charge in [0.1, 0.15) is 0 Å². The molecule has 10 nitrogen and oxygen atoms in total. The van der Waals surface area contributed by atoms with E-state index in [0.29, 0.717) is 0 Å². The molecule has 0 aliphatic carbocycles. The van der Waals surface area contributed by atoms with Crippen molar-refractivity contribution in [1.29, 1.82) is 0 Å². The van der Waals surface area contributed by atoms with E-state index in [0.717, 1.165) is 0 Å². The first-order chi connectivity index (χ1) is 11.3. The van der Waals surface area contributed by atoms with Gasteiger partial charge in [-0.1, -0.05) is 0 Å². The van der Waals surface area contributed by atoms with Gasteiger partial charge in [0, 0.05) is 0 Å². The van der Waals surface area contributed by atoms with Gasteiger partial charge in [0.05, 0.1) is 0 Å². The van der Waals surface area contributed by atoms with Gasteiger partial charge in [0.15, 0.2) is 0 Å². The van der Waals surface area contributed by atoms with E-state index in [1.54, 1.807) is 0 Å². The van der Waals surface area contributed by atoms with Crippen LogP contribution in [-0.2, 0) is 21.2 Å². The Hall–Kier alpha value is -0.222. The molecule has 138 valence electrons. The van der Waals surface area contributed by atoms with Crippen LogP contribution in [0.1, 0.15) is 6.23 Å². The summed E-state index contributed by atoms with van der Waals surface area (Å²) in [6, 6.07) is 0. The number of aliphatic hydroxyl groups is 3. The van der Waals surface area contributed by atoms with Crippen molar-refractivity contribution in [3.8, 4) is 0 Å². The van der Waals surface area contributed by atoms with E-state index in [-0.39, 0.29) is 21.8 Å². The van der Waals surface area contributed by atoms with E-state index < -0.39 is 53.2 Å². The van der Waals surface area contributed by atoms with Crippen molar-refractivity contribution in [3.05, 3.63) is 10.4 Å². The first-order valence-corrected chi connectivity index (χ1v) is 12.8. The van der Waals surface area contributed by atoms with Crippen molar-refractivity contribution in [1.82, 2.24) is 19.5 Å². The number of aromatic nitrogens is 4. The number of ether oxygens (including phenoxy) is 1. The van der Waals surface area contributed by atoms with E-state index >= 15 is 0 Å². The Morgan fingerprint density at radius 3 is 2.54 bits per heavy atom. The summed E-state index contributed by atoms with van der Waals surface area (Å²) < 4.78 is 7.02. The summed E-state index contributed by atoms with van der Waals surface area (Å²) in [6.45, 7) is -0.459. The molecular weight excluding hydrogens is 615 g/mol. The van der Waals surface area contributed by atoms with E-state index in [4.69, 9.17) is 34.4 Å². The Labute approximate surface area is 159 Å². The topological polar surface area (TPSA) is 158 Å². The number of aliphatic hydroxyl groups excluding tert-OH is 3. The van der Waals surface area contributed by atoms with Gasteiger partial charge in [-0.2, -0.15) is 0 Å². The number of imidazole rings is 1. The molecule has 0 spiro atoms. The first kappa shape index (κ1) is 20.1. The second-order valence-electron chi connectivity index (χ2n) is 4.62. The predicted octanol–water partition coefficient (Wildman–Crippen LogP) is -3.15. The van der Waals surface area contributed by atoms with E-state index in [2.05, 4.69) is 31.0 Å². The van der Waals surface area contributed by atoms with E-state index in [1.165, 1.54) is 4.57 Å². The maximum absolute atomic E-state index is 11.7. The Morgan fingerprint density at radius 1 is 1.38 bits per heavy atom. The molecule has 3 heterocycles. The number of anilines is 1. The third-order valence-electron chi connectivity index (χ3n) is 3.28. The first-order valence-electron chi connectivity index (χ1n) is 6.21. The number of halogens is 2. The number of nitrogen functional groups attached to an aromatic ring is 1. The van der Waals surface area contributed by atoms with Crippen LogP contribution in [0.5, 0.6) is 0 Å². The Kier molecular flexibility index (Phi) is 7.07. The number of hydrogen-bond acceptors (Lipinski definition) is 8. The molecule has 1 aliphatic heterocycles.